The van der Waals surface area contributed by atoms with E-state index in [1.165, 1.54) is 0 Å². The summed E-state index contributed by atoms with van der Waals surface area (Å²) in [5, 5.41) is 1.05. The van der Waals surface area contributed by atoms with Crippen molar-refractivity contribution < 1.29 is 4.79 Å². The van der Waals surface area contributed by atoms with E-state index in [4.69, 9.17) is 0 Å². The number of benzene rings is 1. The van der Waals surface area contributed by atoms with Crippen LogP contribution in [0.4, 0.5) is 0 Å². The van der Waals surface area contributed by atoms with Crippen LogP contribution < -0.4 is 0 Å². The molecule has 0 aliphatic carbocycles. The van der Waals surface area contributed by atoms with Gasteiger partial charge in [0.15, 0.2) is 0 Å². The predicted octanol–water partition coefficient (Wildman–Crippen LogP) is 2.80. The van der Waals surface area contributed by atoms with Crippen LogP contribution in [0.3, 0.4) is 0 Å². The number of fused-ring (bicyclic) bond motifs is 2. The van der Waals surface area contributed by atoms with Crippen molar-refractivity contribution in [3.8, 4) is 11.1 Å². The summed E-state index contributed by atoms with van der Waals surface area (Å²) >= 11 is 0. The number of aromatic nitrogens is 2. The lowest BCUT2D eigenvalue weighted by Crippen LogP contribution is -1.93. The van der Waals surface area contributed by atoms with Crippen LogP contribution in [0.1, 0.15) is 15.9 Å². The van der Waals surface area contributed by atoms with E-state index in [2.05, 4.69) is 15.0 Å². The fourth-order valence-electron chi connectivity index (χ4n) is 2.50. The van der Waals surface area contributed by atoms with Crippen molar-refractivity contribution in [3.63, 3.8) is 0 Å². The third-order valence-electron chi connectivity index (χ3n) is 3.39. The highest BCUT2D eigenvalue weighted by Gasteiger charge is 2.20. The van der Waals surface area contributed by atoms with Gasteiger partial charge in [-0.2, -0.15) is 0 Å². The van der Waals surface area contributed by atoms with Crippen molar-refractivity contribution in [1.29, 1.82) is 0 Å². The molecule has 1 aliphatic heterocycles. The molecule has 0 atom stereocenters. The molecule has 90 valence electrons. The third-order valence-corrected chi connectivity index (χ3v) is 3.39. The number of aromatic amines is 1. The zero-order chi connectivity index (χ0) is 12.8. The van der Waals surface area contributed by atoms with Crippen molar-refractivity contribution in [2.75, 3.05) is 0 Å². The number of amides is 1. The lowest BCUT2D eigenvalue weighted by atomic mass is 9.97. The van der Waals surface area contributed by atoms with Crippen LogP contribution in [0.2, 0.25) is 0 Å². The minimum atomic E-state index is -0.171. The molecule has 19 heavy (non-hydrogen) atoms. The molecule has 3 aromatic rings. The van der Waals surface area contributed by atoms with Gasteiger partial charge >= 0.3 is 0 Å². The van der Waals surface area contributed by atoms with Crippen LogP contribution in [0.15, 0.2) is 47.7 Å². The highest BCUT2D eigenvalue weighted by atomic mass is 16.1. The van der Waals surface area contributed by atoms with E-state index in [9.17, 15) is 4.79 Å². The number of rotatable bonds is 1. The number of H-pyrrole nitrogens is 1. The number of nitrogens with zero attached hydrogens (tertiary/aromatic N) is 2. The molecule has 2 aromatic heterocycles. The lowest BCUT2D eigenvalue weighted by Gasteiger charge is -2.04. The Morgan fingerprint density at radius 1 is 1.00 bits per heavy atom. The van der Waals surface area contributed by atoms with Gasteiger partial charge in [0.2, 0.25) is 0 Å². The number of pyridine rings is 1. The Bertz CT molecular complexity index is 845. The summed E-state index contributed by atoms with van der Waals surface area (Å²) in [6.07, 6.45) is 5.31. The van der Waals surface area contributed by atoms with Gasteiger partial charge < -0.3 is 4.98 Å². The maximum absolute atomic E-state index is 11.6. The molecule has 0 fully saturated rings. The van der Waals surface area contributed by atoms with Gasteiger partial charge in [-0.25, -0.2) is 9.98 Å². The average molecular weight is 247 g/mol. The Balaban J connectivity index is 2.04. The molecule has 4 heteroatoms. The van der Waals surface area contributed by atoms with Gasteiger partial charge in [0.1, 0.15) is 5.65 Å². The smallest absolute Gasteiger partial charge is 0.277 e. The fourth-order valence-corrected chi connectivity index (χ4v) is 2.50. The quantitative estimate of drug-likeness (QED) is 0.718. The Hall–Kier alpha value is -2.75. The van der Waals surface area contributed by atoms with Gasteiger partial charge in [0.05, 0.1) is 5.56 Å². The first-order valence-corrected chi connectivity index (χ1v) is 5.98. The Kier molecular flexibility index (Phi) is 1.94. The van der Waals surface area contributed by atoms with E-state index in [-0.39, 0.29) is 5.91 Å². The number of hydrogen-bond acceptors (Lipinski definition) is 2. The normalized spacial score (nSPS) is 13.2. The molecule has 3 heterocycles. The number of nitrogens with one attached hydrogen (secondary N) is 1. The molecule has 4 nitrogen and oxygen atoms in total. The summed E-state index contributed by atoms with van der Waals surface area (Å²) in [6, 6.07) is 9.61. The van der Waals surface area contributed by atoms with Gasteiger partial charge in [-0.1, -0.05) is 12.1 Å². The molecule has 4 rings (SSSR count). The summed E-state index contributed by atoms with van der Waals surface area (Å²) in [5.74, 6) is -0.171. The molecule has 0 unspecified atom stereocenters. The van der Waals surface area contributed by atoms with Crippen LogP contribution in [-0.2, 0) is 0 Å². The first kappa shape index (κ1) is 10.2. The van der Waals surface area contributed by atoms with E-state index in [0.29, 0.717) is 5.56 Å². The molecule has 1 N–H and O–H groups in total. The Labute approximate surface area is 108 Å². The molecule has 0 bridgehead atoms. The summed E-state index contributed by atoms with van der Waals surface area (Å²) in [4.78, 5) is 22.9. The zero-order valence-electron chi connectivity index (χ0n) is 9.92. The highest BCUT2D eigenvalue weighted by molar-refractivity contribution is 6.16. The molecule has 1 aromatic carbocycles. The van der Waals surface area contributed by atoms with E-state index in [1.54, 1.807) is 18.5 Å². The van der Waals surface area contributed by atoms with Gasteiger partial charge in [0, 0.05) is 35.1 Å². The van der Waals surface area contributed by atoms with Crippen molar-refractivity contribution >= 4 is 23.2 Å². The summed E-state index contributed by atoms with van der Waals surface area (Å²) in [5.41, 5.74) is 4.44. The number of carbonyl (C=O) groups is 1. The molecule has 1 aliphatic rings. The molecule has 0 saturated heterocycles. The maximum Gasteiger partial charge on any atom is 0.277 e. The SMILES string of the molecule is O=C1N=Cc2c1cccc2-c1c[nH]c2ncccc12. The highest BCUT2D eigenvalue weighted by Crippen LogP contribution is 2.32. The van der Waals surface area contributed by atoms with Crippen molar-refractivity contribution in [1.82, 2.24) is 9.97 Å². The zero-order valence-corrected chi connectivity index (χ0v) is 9.92. The number of carbonyl (C=O) groups excluding carboxylic acids is 1. The Morgan fingerprint density at radius 2 is 1.89 bits per heavy atom. The predicted molar refractivity (Wildman–Crippen MR) is 73.5 cm³/mol. The number of aliphatic imine (C=N–C) groups is 1. The van der Waals surface area contributed by atoms with Crippen LogP contribution >= 0.6 is 0 Å². The largest absolute Gasteiger partial charge is 0.346 e. The monoisotopic (exact) mass is 247 g/mol. The van der Waals surface area contributed by atoms with Crippen molar-refractivity contribution in [2.24, 2.45) is 4.99 Å². The van der Waals surface area contributed by atoms with Gasteiger partial charge in [0.25, 0.3) is 5.91 Å². The van der Waals surface area contributed by atoms with Crippen LogP contribution in [0, 0.1) is 0 Å². The first-order chi connectivity index (χ1) is 9.34. The molecule has 0 radical (unpaired) electrons. The first-order valence-electron chi connectivity index (χ1n) is 5.98. The fraction of sp³-hybridized carbons (Fsp3) is 0. The topological polar surface area (TPSA) is 58.1 Å². The minimum absolute atomic E-state index is 0.171. The molecule has 0 spiro atoms. The van der Waals surface area contributed by atoms with E-state index >= 15 is 0 Å². The molecular formula is C15H9N3O. The van der Waals surface area contributed by atoms with E-state index in [1.807, 2.05) is 30.5 Å². The summed E-state index contributed by atoms with van der Waals surface area (Å²) in [7, 11) is 0. The van der Waals surface area contributed by atoms with Gasteiger partial charge in [-0.15, -0.1) is 0 Å². The van der Waals surface area contributed by atoms with Crippen molar-refractivity contribution in [3.05, 3.63) is 53.9 Å². The third kappa shape index (κ3) is 1.37. The van der Waals surface area contributed by atoms with Crippen LogP contribution in [0.5, 0.6) is 0 Å². The average Bonchev–Trinajstić information content (AvgIpc) is 3.03. The Morgan fingerprint density at radius 3 is 2.84 bits per heavy atom. The van der Waals surface area contributed by atoms with Gasteiger partial charge in [-0.3, -0.25) is 4.79 Å². The van der Waals surface area contributed by atoms with Gasteiger partial charge in [-0.05, 0) is 23.8 Å². The van der Waals surface area contributed by atoms with E-state index < -0.39 is 0 Å². The second kappa shape index (κ2) is 3.62. The van der Waals surface area contributed by atoms with E-state index in [0.717, 1.165) is 27.7 Å². The number of hydrogen-bond donors (Lipinski definition) is 1. The molecular weight excluding hydrogens is 238 g/mol. The standard InChI is InChI=1S/C15H9N3O/c19-15-11-4-1-3-9(13(11)8-18-15)12-7-17-14-10(12)5-2-6-16-14/h1-8H,(H,16,17). The summed E-state index contributed by atoms with van der Waals surface area (Å²) < 4.78 is 0. The molecule has 1 amide bonds. The van der Waals surface area contributed by atoms with Crippen LogP contribution in [0.25, 0.3) is 22.2 Å². The second-order valence-electron chi connectivity index (χ2n) is 4.43. The minimum Gasteiger partial charge on any atom is -0.346 e. The molecule has 0 saturated carbocycles. The second-order valence-corrected chi connectivity index (χ2v) is 4.43. The lowest BCUT2D eigenvalue weighted by molar-refractivity contribution is 0.101. The summed E-state index contributed by atoms with van der Waals surface area (Å²) in [6.45, 7) is 0. The maximum atomic E-state index is 11.6. The van der Waals surface area contributed by atoms with Crippen LogP contribution in [-0.4, -0.2) is 22.1 Å². The van der Waals surface area contributed by atoms with Crippen molar-refractivity contribution in [2.45, 2.75) is 0 Å².